The van der Waals surface area contributed by atoms with Crippen LogP contribution in [0.2, 0.25) is 0 Å². The number of rotatable bonds is 3. The van der Waals surface area contributed by atoms with Crippen LogP contribution in [0.5, 0.6) is 0 Å². The monoisotopic (exact) mass is 352 g/mol. The van der Waals surface area contributed by atoms with E-state index in [0.717, 1.165) is 27.0 Å². The van der Waals surface area contributed by atoms with Crippen molar-refractivity contribution in [2.75, 3.05) is 0 Å². The summed E-state index contributed by atoms with van der Waals surface area (Å²) in [5.74, 6) is 2.36. The molecule has 0 spiro atoms. The fourth-order valence-electron chi connectivity index (χ4n) is 2.94. The standard InChI is InChI=1S/C19H20N4OS/c1-6-8-22-15-10-12(3)9-13(4)17(15)25-19(22)20-18(24)16-11-14(5)21-23(16)7-2/h1,9-11H,7-8H2,2-5H3. The minimum absolute atomic E-state index is 0.297. The highest BCUT2D eigenvalue weighted by atomic mass is 32.1. The molecule has 25 heavy (non-hydrogen) atoms. The Balaban J connectivity index is 2.22. The van der Waals surface area contributed by atoms with E-state index >= 15 is 0 Å². The van der Waals surface area contributed by atoms with Crippen molar-refractivity contribution in [1.29, 1.82) is 0 Å². The summed E-state index contributed by atoms with van der Waals surface area (Å²) in [7, 11) is 0. The van der Waals surface area contributed by atoms with Crippen LogP contribution in [0, 0.1) is 33.1 Å². The van der Waals surface area contributed by atoms with Gasteiger partial charge in [0.05, 0.1) is 22.5 Å². The molecule has 2 heterocycles. The maximum absolute atomic E-state index is 12.7. The zero-order chi connectivity index (χ0) is 18.1. The van der Waals surface area contributed by atoms with Crippen LogP contribution in [0.4, 0.5) is 0 Å². The van der Waals surface area contributed by atoms with E-state index < -0.39 is 0 Å². The van der Waals surface area contributed by atoms with Gasteiger partial charge in [-0.25, -0.2) is 0 Å². The average molecular weight is 352 g/mol. The summed E-state index contributed by atoms with van der Waals surface area (Å²) in [6, 6.07) is 5.98. The van der Waals surface area contributed by atoms with Crippen molar-refractivity contribution in [1.82, 2.24) is 14.3 Å². The Bertz CT molecular complexity index is 1080. The van der Waals surface area contributed by atoms with Crippen LogP contribution in [0.3, 0.4) is 0 Å². The lowest BCUT2D eigenvalue weighted by Gasteiger charge is -2.03. The largest absolute Gasteiger partial charge is 0.305 e. The summed E-state index contributed by atoms with van der Waals surface area (Å²) in [5, 5.41) is 4.32. The molecule has 0 N–H and O–H groups in total. The number of benzene rings is 1. The molecular formula is C19H20N4OS. The average Bonchev–Trinajstić information content (AvgIpc) is 3.09. The Hall–Kier alpha value is -2.65. The van der Waals surface area contributed by atoms with E-state index in [1.54, 1.807) is 10.7 Å². The molecule has 0 aliphatic heterocycles. The fraction of sp³-hybridized carbons (Fsp3) is 0.316. The summed E-state index contributed by atoms with van der Waals surface area (Å²) in [4.78, 5) is 17.7. The van der Waals surface area contributed by atoms with Crippen LogP contribution in [-0.4, -0.2) is 20.3 Å². The molecule has 2 aromatic heterocycles. The van der Waals surface area contributed by atoms with Crippen LogP contribution < -0.4 is 4.80 Å². The summed E-state index contributed by atoms with van der Waals surface area (Å²) in [6.07, 6.45) is 5.54. The van der Waals surface area contributed by atoms with Gasteiger partial charge in [-0.05, 0) is 51.0 Å². The zero-order valence-corrected chi connectivity index (χ0v) is 15.6. The van der Waals surface area contributed by atoms with Gasteiger partial charge in [0.2, 0.25) is 0 Å². The first-order valence-corrected chi connectivity index (χ1v) is 8.93. The minimum atomic E-state index is -0.297. The number of fused-ring (bicyclic) bond motifs is 1. The summed E-state index contributed by atoms with van der Waals surface area (Å²) < 4.78 is 4.71. The van der Waals surface area contributed by atoms with E-state index in [1.165, 1.54) is 11.3 Å². The molecule has 0 atom stereocenters. The highest BCUT2D eigenvalue weighted by Gasteiger charge is 2.14. The number of carbonyl (C=O) groups excluding carboxylic acids is 1. The third-order valence-electron chi connectivity index (χ3n) is 3.98. The van der Waals surface area contributed by atoms with E-state index in [2.05, 4.69) is 42.0 Å². The molecule has 0 radical (unpaired) electrons. The van der Waals surface area contributed by atoms with Gasteiger partial charge in [-0.15, -0.1) is 6.42 Å². The van der Waals surface area contributed by atoms with Gasteiger partial charge in [0.15, 0.2) is 4.80 Å². The number of nitrogens with zero attached hydrogens (tertiary/aromatic N) is 4. The molecule has 1 amide bonds. The lowest BCUT2D eigenvalue weighted by atomic mass is 10.1. The number of terminal acetylenes is 1. The SMILES string of the molecule is C#CCn1c(=NC(=O)c2cc(C)nn2CC)sc2c(C)cc(C)cc21. The van der Waals surface area contributed by atoms with Crippen molar-refractivity contribution in [2.24, 2.45) is 4.99 Å². The highest BCUT2D eigenvalue weighted by molar-refractivity contribution is 7.16. The van der Waals surface area contributed by atoms with Crippen LogP contribution in [0.1, 0.15) is 34.2 Å². The third kappa shape index (κ3) is 3.15. The smallest absolute Gasteiger partial charge is 0.297 e. The Kier molecular flexibility index (Phi) is 4.60. The summed E-state index contributed by atoms with van der Waals surface area (Å²) in [6.45, 7) is 8.93. The van der Waals surface area contributed by atoms with E-state index in [0.29, 0.717) is 23.6 Å². The van der Waals surface area contributed by atoms with Crippen molar-refractivity contribution >= 4 is 27.5 Å². The van der Waals surface area contributed by atoms with Gasteiger partial charge in [0.1, 0.15) is 5.69 Å². The third-order valence-corrected chi connectivity index (χ3v) is 5.21. The van der Waals surface area contributed by atoms with E-state index in [4.69, 9.17) is 6.42 Å². The molecule has 6 heteroatoms. The molecule has 0 aliphatic rings. The molecule has 3 rings (SSSR count). The molecular weight excluding hydrogens is 332 g/mol. The van der Waals surface area contributed by atoms with Crippen molar-refractivity contribution in [3.63, 3.8) is 0 Å². The van der Waals surface area contributed by atoms with Crippen molar-refractivity contribution < 1.29 is 4.79 Å². The molecule has 1 aromatic carbocycles. The first kappa shape index (κ1) is 17.2. The second-order valence-electron chi connectivity index (χ2n) is 6.01. The van der Waals surface area contributed by atoms with E-state index in [-0.39, 0.29) is 5.91 Å². The highest BCUT2D eigenvalue weighted by Crippen LogP contribution is 2.23. The predicted octanol–water partition coefficient (Wildman–Crippen LogP) is 3.22. The quantitative estimate of drug-likeness (QED) is 0.680. The Labute approximate surface area is 150 Å². The lowest BCUT2D eigenvalue weighted by Crippen LogP contribution is -2.18. The first-order valence-electron chi connectivity index (χ1n) is 8.12. The van der Waals surface area contributed by atoms with E-state index in [1.807, 2.05) is 18.4 Å². The maximum Gasteiger partial charge on any atom is 0.297 e. The van der Waals surface area contributed by atoms with Gasteiger partial charge >= 0.3 is 0 Å². The fourth-order valence-corrected chi connectivity index (χ4v) is 4.02. The van der Waals surface area contributed by atoms with E-state index in [9.17, 15) is 4.79 Å². The number of hydrogen-bond donors (Lipinski definition) is 0. The number of amides is 1. The van der Waals surface area contributed by atoms with Gasteiger partial charge in [0.25, 0.3) is 5.91 Å². The second kappa shape index (κ2) is 6.69. The molecule has 0 saturated heterocycles. The Morgan fingerprint density at radius 3 is 2.76 bits per heavy atom. The molecule has 128 valence electrons. The Morgan fingerprint density at radius 1 is 1.32 bits per heavy atom. The van der Waals surface area contributed by atoms with Gasteiger partial charge in [0, 0.05) is 6.54 Å². The number of thiazole rings is 1. The van der Waals surface area contributed by atoms with Crippen LogP contribution in [-0.2, 0) is 13.1 Å². The Morgan fingerprint density at radius 2 is 2.08 bits per heavy atom. The first-order chi connectivity index (χ1) is 11.9. The number of carbonyl (C=O) groups is 1. The summed E-state index contributed by atoms with van der Waals surface area (Å²) >= 11 is 1.49. The van der Waals surface area contributed by atoms with Gasteiger partial charge in [-0.3, -0.25) is 9.48 Å². The minimum Gasteiger partial charge on any atom is -0.305 e. The van der Waals surface area contributed by atoms with Gasteiger partial charge < -0.3 is 4.57 Å². The maximum atomic E-state index is 12.7. The number of aryl methyl sites for hydroxylation is 4. The van der Waals surface area contributed by atoms with Crippen LogP contribution >= 0.6 is 11.3 Å². The summed E-state index contributed by atoms with van der Waals surface area (Å²) in [5.41, 5.74) is 4.64. The molecule has 5 nitrogen and oxygen atoms in total. The lowest BCUT2D eigenvalue weighted by molar-refractivity contribution is 0.0987. The molecule has 0 fully saturated rings. The topological polar surface area (TPSA) is 52.2 Å². The predicted molar refractivity (Wildman–Crippen MR) is 101 cm³/mol. The molecule has 0 bridgehead atoms. The zero-order valence-electron chi connectivity index (χ0n) is 14.8. The molecule has 3 aromatic rings. The molecule has 0 saturated carbocycles. The normalized spacial score (nSPS) is 11.9. The second-order valence-corrected chi connectivity index (χ2v) is 6.99. The van der Waals surface area contributed by atoms with Crippen LogP contribution in [0.25, 0.3) is 10.2 Å². The van der Waals surface area contributed by atoms with Crippen molar-refractivity contribution in [2.45, 2.75) is 40.8 Å². The number of hydrogen-bond acceptors (Lipinski definition) is 3. The molecule has 0 aliphatic carbocycles. The van der Waals surface area contributed by atoms with Gasteiger partial charge in [-0.2, -0.15) is 10.1 Å². The molecule has 0 unspecified atom stereocenters. The van der Waals surface area contributed by atoms with Crippen molar-refractivity contribution in [3.05, 3.63) is 45.5 Å². The number of aromatic nitrogens is 3. The van der Waals surface area contributed by atoms with Gasteiger partial charge in [-0.1, -0.05) is 23.3 Å². The van der Waals surface area contributed by atoms with Crippen LogP contribution in [0.15, 0.2) is 23.2 Å². The van der Waals surface area contributed by atoms with Crippen molar-refractivity contribution in [3.8, 4) is 12.3 Å².